The van der Waals surface area contributed by atoms with Gasteiger partial charge in [0.2, 0.25) is 11.9 Å². The molecule has 1 fully saturated rings. The van der Waals surface area contributed by atoms with E-state index in [-0.39, 0.29) is 0 Å². The molecule has 0 spiro atoms. The Labute approximate surface area is 118 Å². The Bertz CT molecular complexity index is 644. The number of halogens is 2. The number of alkyl halides is 2. The number of hydrogen-bond donors (Lipinski definition) is 2. The number of nitrogens with zero attached hydrogens (tertiary/aromatic N) is 4. The van der Waals surface area contributed by atoms with E-state index in [0.29, 0.717) is 11.6 Å². The van der Waals surface area contributed by atoms with E-state index in [2.05, 4.69) is 25.7 Å². The van der Waals surface area contributed by atoms with Crippen molar-refractivity contribution in [3.05, 3.63) is 30.9 Å². The second kappa shape index (κ2) is 5.17. The molecule has 3 heterocycles. The molecule has 1 amide bonds. The quantitative estimate of drug-likeness (QED) is 0.866. The van der Waals surface area contributed by atoms with Gasteiger partial charge in [0.05, 0.1) is 30.7 Å². The van der Waals surface area contributed by atoms with Crippen molar-refractivity contribution >= 4 is 11.6 Å². The first kappa shape index (κ1) is 13.6. The fourth-order valence-corrected chi connectivity index (χ4v) is 2.04. The lowest BCUT2D eigenvalue weighted by Gasteiger charge is -2.09. The van der Waals surface area contributed by atoms with Gasteiger partial charge in [-0.15, -0.1) is 0 Å². The van der Waals surface area contributed by atoms with Crippen LogP contribution >= 0.6 is 0 Å². The third kappa shape index (κ3) is 3.02. The van der Waals surface area contributed by atoms with Crippen molar-refractivity contribution in [2.24, 2.45) is 0 Å². The normalized spacial score (nSPS) is 20.4. The van der Waals surface area contributed by atoms with Crippen LogP contribution in [0, 0.1) is 0 Å². The van der Waals surface area contributed by atoms with Crippen LogP contribution in [0.2, 0.25) is 0 Å². The van der Waals surface area contributed by atoms with E-state index < -0.39 is 30.8 Å². The van der Waals surface area contributed by atoms with E-state index in [0.717, 1.165) is 0 Å². The van der Waals surface area contributed by atoms with Gasteiger partial charge in [-0.3, -0.25) is 10.1 Å². The predicted octanol–water partition coefficient (Wildman–Crippen LogP) is 0.598. The SMILES string of the molecule is O=C(Nc1cnn(-c2ncccn2)c1)C1CC(F)(F)CN1. The number of hydrogen-bond acceptors (Lipinski definition) is 5. The lowest BCUT2D eigenvalue weighted by atomic mass is 10.2. The van der Waals surface area contributed by atoms with E-state index in [9.17, 15) is 13.6 Å². The number of carbonyl (C=O) groups excluding carboxylic acids is 1. The van der Waals surface area contributed by atoms with Gasteiger partial charge in [0.15, 0.2) is 0 Å². The van der Waals surface area contributed by atoms with Crippen LogP contribution in [0.15, 0.2) is 30.9 Å². The minimum atomic E-state index is -2.84. The van der Waals surface area contributed by atoms with Crippen LogP contribution < -0.4 is 10.6 Å². The second-order valence-corrected chi connectivity index (χ2v) is 4.71. The first-order valence-corrected chi connectivity index (χ1v) is 6.28. The summed E-state index contributed by atoms with van der Waals surface area (Å²) in [6.45, 7) is -0.484. The molecule has 0 aliphatic carbocycles. The molecule has 1 aliphatic rings. The summed E-state index contributed by atoms with van der Waals surface area (Å²) in [7, 11) is 0. The van der Waals surface area contributed by atoms with Crippen molar-refractivity contribution < 1.29 is 13.6 Å². The molecule has 21 heavy (non-hydrogen) atoms. The third-order valence-electron chi connectivity index (χ3n) is 3.03. The van der Waals surface area contributed by atoms with Gasteiger partial charge in [-0.05, 0) is 6.07 Å². The van der Waals surface area contributed by atoms with Gasteiger partial charge in [0.25, 0.3) is 5.92 Å². The van der Waals surface area contributed by atoms with Crippen LogP contribution in [0.4, 0.5) is 14.5 Å². The van der Waals surface area contributed by atoms with Crippen molar-refractivity contribution in [3.63, 3.8) is 0 Å². The molecule has 1 unspecified atom stereocenters. The Morgan fingerprint density at radius 1 is 1.43 bits per heavy atom. The van der Waals surface area contributed by atoms with E-state index in [1.165, 1.54) is 17.1 Å². The molecule has 0 radical (unpaired) electrons. The highest BCUT2D eigenvalue weighted by Crippen LogP contribution is 2.25. The zero-order valence-corrected chi connectivity index (χ0v) is 10.8. The summed E-state index contributed by atoms with van der Waals surface area (Å²) in [6.07, 6.45) is 5.54. The molecule has 1 aliphatic heterocycles. The number of carbonyl (C=O) groups is 1. The highest BCUT2D eigenvalue weighted by atomic mass is 19.3. The van der Waals surface area contributed by atoms with Crippen LogP contribution in [0.3, 0.4) is 0 Å². The highest BCUT2D eigenvalue weighted by Gasteiger charge is 2.42. The Balaban J connectivity index is 1.66. The average molecular weight is 294 g/mol. The summed E-state index contributed by atoms with van der Waals surface area (Å²) in [4.78, 5) is 19.9. The van der Waals surface area contributed by atoms with Crippen molar-refractivity contribution in [1.82, 2.24) is 25.1 Å². The predicted molar refractivity (Wildman–Crippen MR) is 69.1 cm³/mol. The molecule has 7 nitrogen and oxygen atoms in total. The number of nitrogens with one attached hydrogen (secondary N) is 2. The fourth-order valence-electron chi connectivity index (χ4n) is 2.04. The van der Waals surface area contributed by atoms with E-state index in [1.54, 1.807) is 18.5 Å². The average Bonchev–Trinajstić information content (AvgIpc) is 3.06. The first-order valence-electron chi connectivity index (χ1n) is 6.28. The largest absolute Gasteiger partial charge is 0.322 e. The lowest BCUT2D eigenvalue weighted by Crippen LogP contribution is -2.35. The second-order valence-electron chi connectivity index (χ2n) is 4.71. The summed E-state index contributed by atoms with van der Waals surface area (Å²) in [5.74, 6) is -3.01. The fraction of sp³-hybridized carbons (Fsp3) is 0.333. The minimum absolute atomic E-state index is 0.350. The Morgan fingerprint density at radius 2 is 2.19 bits per heavy atom. The zero-order chi connectivity index (χ0) is 14.9. The maximum atomic E-state index is 13.0. The zero-order valence-electron chi connectivity index (χ0n) is 10.8. The summed E-state index contributed by atoms with van der Waals surface area (Å²) in [5.41, 5.74) is 0.393. The smallest absolute Gasteiger partial charge is 0.262 e. The van der Waals surface area contributed by atoms with Crippen LogP contribution in [0.1, 0.15) is 6.42 Å². The van der Waals surface area contributed by atoms with Crippen LogP contribution in [0.25, 0.3) is 5.95 Å². The van der Waals surface area contributed by atoms with Crippen LogP contribution in [-0.2, 0) is 4.79 Å². The molecular formula is C12H12F2N6O. The molecule has 2 aromatic rings. The van der Waals surface area contributed by atoms with Gasteiger partial charge in [-0.25, -0.2) is 23.4 Å². The number of anilines is 1. The van der Waals surface area contributed by atoms with E-state index in [4.69, 9.17) is 0 Å². The summed E-state index contributed by atoms with van der Waals surface area (Å²) in [5, 5.41) is 9.03. The molecule has 2 aromatic heterocycles. The maximum absolute atomic E-state index is 13.0. The Morgan fingerprint density at radius 3 is 2.86 bits per heavy atom. The maximum Gasteiger partial charge on any atom is 0.262 e. The van der Waals surface area contributed by atoms with Crippen molar-refractivity contribution in [1.29, 1.82) is 0 Å². The Kier molecular flexibility index (Phi) is 3.34. The number of aromatic nitrogens is 4. The standard InChI is InChI=1S/C12H12F2N6O/c13-12(14)4-9(17-7-12)10(21)19-8-5-18-20(6-8)11-15-2-1-3-16-11/h1-3,5-6,9,17H,4,7H2,(H,19,21). The lowest BCUT2D eigenvalue weighted by molar-refractivity contribution is -0.118. The van der Waals surface area contributed by atoms with Gasteiger partial charge in [-0.2, -0.15) is 5.10 Å². The van der Waals surface area contributed by atoms with E-state index in [1.807, 2.05) is 0 Å². The Hall–Kier alpha value is -2.42. The van der Waals surface area contributed by atoms with Gasteiger partial charge in [-0.1, -0.05) is 0 Å². The van der Waals surface area contributed by atoms with Crippen LogP contribution in [-0.4, -0.2) is 44.2 Å². The van der Waals surface area contributed by atoms with Gasteiger partial charge >= 0.3 is 0 Å². The molecule has 9 heteroatoms. The minimum Gasteiger partial charge on any atom is -0.322 e. The molecule has 2 N–H and O–H groups in total. The molecule has 0 saturated carbocycles. The molecule has 0 aromatic carbocycles. The topological polar surface area (TPSA) is 84.7 Å². The summed E-state index contributed by atoms with van der Waals surface area (Å²) in [6, 6.07) is 0.762. The van der Waals surface area contributed by atoms with Crippen molar-refractivity contribution in [3.8, 4) is 5.95 Å². The van der Waals surface area contributed by atoms with Gasteiger partial charge in [0, 0.05) is 18.8 Å². The highest BCUT2D eigenvalue weighted by molar-refractivity contribution is 5.94. The molecule has 0 bridgehead atoms. The monoisotopic (exact) mass is 294 g/mol. The van der Waals surface area contributed by atoms with Crippen molar-refractivity contribution in [2.75, 3.05) is 11.9 Å². The molecular weight excluding hydrogens is 282 g/mol. The van der Waals surface area contributed by atoms with Gasteiger partial charge in [0.1, 0.15) is 0 Å². The molecule has 1 atom stereocenters. The molecule has 1 saturated heterocycles. The van der Waals surface area contributed by atoms with Crippen molar-refractivity contribution in [2.45, 2.75) is 18.4 Å². The summed E-state index contributed by atoms with van der Waals surface area (Å²) < 4.78 is 27.5. The molecule has 110 valence electrons. The molecule has 3 rings (SSSR count). The first-order chi connectivity index (χ1) is 10.0. The van der Waals surface area contributed by atoms with E-state index >= 15 is 0 Å². The third-order valence-corrected chi connectivity index (χ3v) is 3.03. The van der Waals surface area contributed by atoms with Gasteiger partial charge < -0.3 is 5.32 Å². The number of rotatable bonds is 3. The summed E-state index contributed by atoms with van der Waals surface area (Å²) >= 11 is 0. The van der Waals surface area contributed by atoms with Crippen LogP contribution in [0.5, 0.6) is 0 Å². The number of amides is 1.